The fraction of sp³-hybridized carbons (Fsp3) is 0.500. The van der Waals surface area contributed by atoms with Crippen LogP contribution in [0.1, 0.15) is 61.6 Å². The van der Waals surface area contributed by atoms with Crippen molar-refractivity contribution in [1.82, 2.24) is 5.32 Å². The van der Waals surface area contributed by atoms with Crippen molar-refractivity contribution in [3.63, 3.8) is 0 Å². The largest absolute Gasteiger partial charge is 0.493 e. The molecule has 1 aliphatic rings. The highest BCUT2D eigenvalue weighted by Crippen LogP contribution is 2.29. The Balaban J connectivity index is 0.00000280. The summed E-state index contributed by atoms with van der Waals surface area (Å²) in [4.78, 5) is 0. The first-order chi connectivity index (χ1) is 13.2. The lowest BCUT2D eigenvalue weighted by Crippen LogP contribution is -2.29. The zero-order valence-electron chi connectivity index (χ0n) is 17.2. The molecule has 0 atom stereocenters. The third-order valence-electron chi connectivity index (χ3n) is 5.40. The van der Waals surface area contributed by atoms with E-state index in [0.717, 1.165) is 18.0 Å². The number of ether oxygens (including phenoxy) is 2. The molecule has 0 spiro atoms. The van der Waals surface area contributed by atoms with Crippen molar-refractivity contribution >= 4 is 12.4 Å². The van der Waals surface area contributed by atoms with Gasteiger partial charge in [0.2, 0.25) is 0 Å². The second-order valence-electron chi connectivity index (χ2n) is 7.69. The molecule has 0 saturated heterocycles. The summed E-state index contributed by atoms with van der Waals surface area (Å²) in [7, 11) is 1.71. The van der Waals surface area contributed by atoms with Crippen LogP contribution in [0.25, 0.3) is 0 Å². The molecule has 2 aromatic carbocycles. The molecule has 0 heterocycles. The Morgan fingerprint density at radius 3 is 2.36 bits per heavy atom. The van der Waals surface area contributed by atoms with Crippen LogP contribution in [0.5, 0.6) is 11.5 Å². The van der Waals surface area contributed by atoms with Gasteiger partial charge < -0.3 is 14.8 Å². The zero-order valence-corrected chi connectivity index (χ0v) is 18.0. The predicted octanol–water partition coefficient (Wildman–Crippen LogP) is 6.21. The van der Waals surface area contributed by atoms with Gasteiger partial charge in [-0.1, -0.05) is 68.0 Å². The third kappa shape index (κ3) is 7.03. The highest BCUT2D eigenvalue weighted by atomic mass is 35.5. The summed E-state index contributed by atoms with van der Waals surface area (Å²) < 4.78 is 11.6. The van der Waals surface area contributed by atoms with E-state index in [0.29, 0.717) is 12.6 Å². The molecule has 0 aliphatic heterocycles. The van der Waals surface area contributed by atoms with Gasteiger partial charge in [0.05, 0.1) is 7.11 Å². The first kappa shape index (κ1) is 22.6. The van der Waals surface area contributed by atoms with E-state index in [1.165, 1.54) is 61.6 Å². The number of benzene rings is 2. The first-order valence-corrected chi connectivity index (χ1v) is 10.3. The van der Waals surface area contributed by atoms with Crippen LogP contribution in [0.2, 0.25) is 0 Å². The van der Waals surface area contributed by atoms with Crippen LogP contribution < -0.4 is 14.8 Å². The maximum absolute atomic E-state index is 6.00. The Hall–Kier alpha value is -1.71. The number of methoxy groups -OCH3 is 1. The Morgan fingerprint density at radius 1 is 0.893 bits per heavy atom. The molecule has 0 bridgehead atoms. The van der Waals surface area contributed by atoms with Crippen LogP contribution in [0.15, 0.2) is 42.5 Å². The summed E-state index contributed by atoms with van der Waals surface area (Å²) >= 11 is 0. The van der Waals surface area contributed by atoms with Crippen LogP contribution >= 0.6 is 12.4 Å². The number of halogens is 1. The van der Waals surface area contributed by atoms with E-state index in [4.69, 9.17) is 9.47 Å². The molecule has 1 N–H and O–H groups in total. The molecule has 2 aromatic rings. The van der Waals surface area contributed by atoms with Gasteiger partial charge in [0.25, 0.3) is 0 Å². The average molecular weight is 404 g/mol. The second kappa shape index (κ2) is 12.0. The topological polar surface area (TPSA) is 30.5 Å². The van der Waals surface area contributed by atoms with Gasteiger partial charge >= 0.3 is 0 Å². The summed E-state index contributed by atoms with van der Waals surface area (Å²) in [6, 6.07) is 15.3. The van der Waals surface area contributed by atoms with Gasteiger partial charge in [-0.3, -0.25) is 0 Å². The van der Waals surface area contributed by atoms with Crippen LogP contribution in [0.3, 0.4) is 0 Å². The van der Waals surface area contributed by atoms with Crippen molar-refractivity contribution in [3.8, 4) is 11.5 Å². The molecule has 28 heavy (non-hydrogen) atoms. The maximum Gasteiger partial charge on any atom is 0.161 e. The lowest BCUT2D eigenvalue weighted by atomic mass is 9.96. The van der Waals surface area contributed by atoms with Crippen molar-refractivity contribution in [2.45, 2.75) is 71.1 Å². The Bertz CT molecular complexity index is 712. The molecular formula is C24H34ClNO2. The van der Waals surface area contributed by atoms with Crippen LogP contribution in [-0.2, 0) is 13.2 Å². The Labute approximate surface area is 176 Å². The van der Waals surface area contributed by atoms with Gasteiger partial charge in [-0.25, -0.2) is 0 Å². The molecule has 1 saturated carbocycles. The standard InChI is InChI=1S/C24H33NO2.ClH/c1-19-9-8-10-21(15-19)18-27-23-14-13-20(16-24(23)26-2)17-25-22-11-6-4-3-5-7-12-22;/h8-10,13-16,22,25H,3-7,11-12,17-18H2,1-2H3;1H. The Morgan fingerprint density at radius 2 is 1.64 bits per heavy atom. The molecule has 0 aromatic heterocycles. The minimum atomic E-state index is 0. The first-order valence-electron chi connectivity index (χ1n) is 10.3. The van der Waals surface area contributed by atoms with Gasteiger partial charge in [0.15, 0.2) is 11.5 Å². The fourth-order valence-electron chi connectivity index (χ4n) is 3.83. The molecular weight excluding hydrogens is 370 g/mol. The van der Waals surface area contributed by atoms with Crippen molar-refractivity contribution in [3.05, 3.63) is 59.2 Å². The summed E-state index contributed by atoms with van der Waals surface area (Å²) in [6.07, 6.45) is 9.50. The van der Waals surface area contributed by atoms with Crippen LogP contribution in [0, 0.1) is 6.92 Å². The molecule has 0 unspecified atom stereocenters. The highest BCUT2D eigenvalue weighted by molar-refractivity contribution is 5.85. The minimum Gasteiger partial charge on any atom is -0.493 e. The van der Waals surface area contributed by atoms with E-state index in [1.807, 2.05) is 6.07 Å². The quantitative estimate of drug-likeness (QED) is 0.596. The number of nitrogens with one attached hydrogen (secondary N) is 1. The third-order valence-corrected chi connectivity index (χ3v) is 5.40. The van der Waals surface area contributed by atoms with E-state index in [9.17, 15) is 0 Å². The SMILES string of the molecule is COc1cc(CNC2CCCCCCC2)ccc1OCc1cccc(C)c1.Cl. The van der Waals surface area contributed by atoms with Gasteiger partial charge in [0.1, 0.15) is 6.61 Å². The summed E-state index contributed by atoms with van der Waals surface area (Å²) in [5, 5.41) is 3.74. The average Bonchev–Trinajstić information content (AvgIpc) is 2.66. The number of aryl methyl sites for hydroxylation is 1. The maximum atomic E-state index is 6.00. The normalized spacial score (nSPS) is 15.2. The van der Waals surface area contributed by atoms with E-state index >= 15 is 0 Å². The number of hydrogen-bond acceptors (Lipinski definition) is 3. The van der Waals surface area contributed by atoms with Crippen molar-refractivity contribution in [1.29, 1.82) is 0 Å². The number of rotatable bonds is 7. The van der Waals surface area contributed by atoms with Gasteiger partial charge in [-0.2, -0.15) is 0 Å². The summed E-state index contributed by atoms with van der Waals surface area (Å²) in [5.74, 6) is 1.60. The lowest BCUT2D eigenvalue weighted by Gasteiger charge is -2.21. The molecule has 0 radical (unpaired) electrons. The smallest absolute Gasteiger partial charge is 0.161 e. The zero-order chi connectivity index (χ0) is 18.9. The summed E-state index contributed by atoms with van der Waals surface area (Å²) in [5.41, 5.74) is 3.67. The van der Waals surface area contributed by atoms with E-state index < -0.39 is 0 Å². The molecule has 4 heteroatoms. The molecule has 3 nitrogen and oxygen atoms in total. The van der Waals surface area contributed by atoms with Crippen molar-refractivity contribution < 1.29 is 9.47 Å². The molecule has 0 amide bonds. The Kier molecular flexibility index (Phi) is 9.66. The van der Waals surface area contributed by atoms with Crippen LogP contribution in [-0.4, -0.2) is 13.2 Å². The minimum absolute atomic E-state index is 0. The van der Waals surface area contributed by atoms with Crippen molar-refractivity contribution in [2.24, 2.45) is 0 Å². The van der Waals surface area contributed by atoms with E-state index in [-0.39, 0.29) is 12.4 Å². The number of hydrogen-bond donors (Lipinski definition) is 1. The molecule has 1 fully saturated rings. The van der Waals surface area contributed by atoms with E-state index in [2.05, 4.69) is 48.6 Å². The lowest BCUT2D eigenvalue weighted by molar-refractivity contribution is 0.284. The van der Waals surface area contributed by atoms with Gasteiger partial charge in [-0.05, 0) is 43.0 Å². The predicted molar refractivity (Wildman–Crippen MR) is 119 cm³/mol. The van der Waals surface area contributed by atoms with Gasteiger partial charge in [0, 0.05) is 12.6 Å². The molecule has 3 rings (SSSR count). The monoisotopic (exact) mass is 403 g/mol. The summed E-state index contributed by atoms with van der Waals surface area (Å²) in [6.45, 7) is 3.54. The second-order valence-corrected chi connectivity index (χ2v) is 7.69. The molecule has 154 valence electrons. The van der Waals surface area contributed by atoms with Gasteiger partial charge in [-0.15, -0.1) is 12.4 Å². The van der Waals surface area contributed by atoms with E-state index in [1.54, 1.807) is 7.11 Å². The highest BCUT2D eigenvalue weighted by Gasteiger charge is 2.12. The van der Waals surface area contributed by atoms with Crippen LogP contribution in [0.4, 0.5) is 0 Å². The van der Waals surface area contributed by atoms with Crippen molar-refractivity contribution in [2.75, 3.05) is 7.11 Å². The molecule has 1 aliphatic carbocycles. The fourth-order valence-corrected chi connectivity index (χ4v) is 3.83.